The van der Waals surface area contributed by atoms with E-state index in [1.165, 1.54) is 19.3 Å². The minimum absolute atomic E-state index is 0. The molecule has 0 bridgehead atoms. The van der Waals surface area contributed by atoms with Gasteiger partial charge >= 0.3 is 173 Å². The smallest absolute Gasteiger partial charge is 1.00 e. The molecular weight excluding hydrogens is 569 g/mol. The SMILES string of the molecule is CC(C)P(C1=Cc2ccccc2[CH]1[Hf+2][CH]1CCC2CC=CC=C21)C(C)C.[Cl-].[Cl-]. The monoisotopic (exact) mass is 600 g/mol. The third-order valence-electron chi connectivity index (χ3n) is 6.21. The first-order valence-electron chi connectivity index (χ1n) is 10.3. The third kappa shape index (κ3) is 4.80. The molecule has 28 heavy (non-hydrogen) atoms. The van der Waals surface area contributed by atoms with Gasteiger partial charge in [0.1, 0.15) is 0 Å². The van der Waals surface area contributed by atoms with Crippen LogP contribution in [0.4, 0.5) is 0 Å². The Morgan fingerprint density at radius 2 is 1.71 bits per heavy atom. The molecule has 3 unspecified atom stereocenters. The molecule has 0 N–H and O–H groups in total. The zero-order valence-corrected chi connectivity index (χ0v) is 23.3. The molecule has 1 aromatic rings. The third-order valence-corrected chi connectivity index (χ3v) is 17.4. The Hall–Kier alpha value is 0.320. The van der Waals surface area contributed by atoms with E-state index in [1.807, 2.05) is 10.9 Å². The minimum Gasteiger partial charge on any atom is -1.00 e. The summed E-state index contributed by atoms with van der Waals surface area (Å²) >= 11 is -0.838. The molecule has 4 heteroatoms. The summed E-state index contributed by atoms with van der Waals surface area (Å²) in [4.78, 5) is 0. The molecule has 3 atom stereocenters. The van der Waals surface area contributed by atoms with Crippen molar-refractivity contribution in [2.45, 2.75) is 65.6 Å². The van der Waals surface area contributed by atoms with Gasteiger partial charge in [0.15, 0.2) is 0 Å². The first-order chi connectivity index (χ1) is 12.6. The zero-order valence-electron chi connectivity index (χ0n) is 17.3. The van der Waals surface area contributed by atoms with Crippen molar-refractivity contribution >= 4 is 14.0 Å². The maximum absolute atomic E-state index is 2.63. The molecule has 1 aromatic carbocycles. The van der Waals surface area contributed by atoms with Crippen molar-refractivity contribution in [3.8, 4) is 0 Å². The largest absolute Gasteiger partial charge is 1.00 e. The van der Waals surface area contributed by atoms with Crippen LogP contribution in [-0.2, 0) is 22.9 Å². The molecule has 1 fully saturated rings. The minimum atomic E-state index is -0.838. The second-order valence-electron chi connectivity index (χ2n) is 8.55. The van der Waals surface area contributed by atoms with Gasteiger partial charge < -0.3 is 24.8 Å². The fourth-order valence-corrected chi connectivity index (χ4v) is 17.5. The summed E-state index contributed by atoms with van der Waals surface area (Å²) in [5.74, 6) is 0.887. The average molecular weight is 600 g/mol. The molecule has 0 radical (unpaired) electrons. The predicted molar refractivity (Wildman–Crippen MR) is 113 cm³/mol. The molecule has 150 valence electrons. The van der Waals surface area contributed by atoms with Gasteiger partial charge in [-0.05, 0) is 0 Å². The van der Waals surface area contributed by atoms with Gasteiger partial charge in [0.05, 0.1) is 0 Å². The summed E-state index contributed by atoms with van der Waals surface area (Å²) < 4.78 is 1.83. The molecule has 3 aliphatic carbocycles. The number of rotatable bonds is 5. The van der Waals surface area contributed by atoms with Gasteiger partial charge in [0, 0.05) is 0 Å². The van der Waals surface area contributed by atoms with Crippen molar-refractivity contribution < 1.29 is 47.7 Å². The second kappa shape index (κ2) is 10.6. The van der Waals surface area contributed by atoms with Gasteiger partial charge in [-0.1, -0.05) is 0 Å². The van der Waals surface area contributed by atoms with Crippen LogP contribution < -0.4 is 24.8 Å². The Morgan fingerprint density at radius 1 is 1.00 bits per heavy atom. The van der Waals surface area contributed by atoms with Crippen LogP contribution in [0.2, 0.25) is 3.67 Å². The summed E-state index contributed by atoms with van der Waals surface area (Å²) in [7, 11) is -0.0286. The van der Waals surface area contributed by atoms with Crippen molar-refractivity contribution in [2.24, 2.45) is 5.92 Å². The zero-order chi connectivity index (χ0) is 18.3. The van der Waals surface area contributed by atoms with Crippen molar-refractivity contribution in [1.29, 1.82) is 0 Å². The van der Waals surface area contributed by atoms with Crippen LogP contribution in [0.1, 0.15) is 61.8 Å². The van der Waals surface area contributed by atoms with Crippen LogP contribution >= 0.6 is 7.92 Å². The van der Waals surface area contributed by atoms with Crippen LogP contribution in [0.25, 0.3) is 6.08 Å². The van der Waals surface area contributed by atoms with E-state index in [-0.39, 0.29) is 32.7 Å². The van der Waals surface area contributed by atoms with E-state index < -0.39 is 22.9 Å². The van der Waals surface area contributed by atoms with Gasteiger partial charge in [0.25, 0.3) is 0 Å². The average Bonchev–Trinajstić information content (AvgIpc) is 3.17. The van der Waals surface area contributed by atoms with Gasteiger partial charge in [-0.3, -0.25) is 0 Å². The molecule has 3 aliphatic rings. The Bertz CT molecular complexity index is 758. The Kier molecular flexibility index (Phi) is 9.28. The predicted octanol–water partition coefficient (Wildman–Crippen LogP) is 1.56. The van der Waals surface area contributed by atoms with Crippen LogP contribution in [0.15, 0.2) is 53.4 Å². The summed E-state index contributed by atoms with van der Waals surface area (Å²) in [5.41, 5.74) is 6.67. The van der Waals surface area contributed by atoms with Crippen LogP contribution in [0, 0.1) is 5.92 Å². The molecule has 0 aromatic heterocycles. The fourth-order valence-electron chi connectivity index (χ4n) is 5.19. The van der Waals surface area contributed by atoms with E-state index in [2.05, 4.69) is 76.3 Å². The number of hydrogen-bond donors (Lipinski definition) is 0. The van der Waals surface area contributed by atoms with E-state index in [9.17, 15) is 0 Å². The van der Waals surface area contributed by atoms with E-state index in [0.717, 1.165) is 24.6 Å². The molecule has 0 amide bonds. The summed E-state index contributed by atoms with van der Waals surface area (Å²) in [6.45, 7) is 9.84. The topological polar surface area (TPSA) is 0 Å². The molecule has 0 heterocycles. The van der Waals surface area contributed by atoms with Crippen LogP contribution in [0.5, 0.6) is 0 Å². The summed E-state index contributed by atoms with van der Waals surface area (Å²) in [6, 6.07) is 9.33. The standard InChI is InChI=1S/C15H20P.C9H11.2ClH.Hf/c1-11(2)16(12(3)4)15-9-13-7-5-6-8-14(13)10-15;1-2-5-9-7-3-6-8(9)4-1;;;/h5-12H,1-4H3;1-2,4,6,9H,3,5,7H2;2*1H;/q;;;;+2/p-2. The number of fused-ring (bicyclic) bond motifs is 2. The van der Waals surface area contributed by atoms with E-state index >= 15 is 0 Å². The van der Waals surface area contributed by atoms with Crippen LogP contribution in [0.3, 0.4) is 0 Å². The van der Waals surface area contributed by atoms with E-state index in [1.54, 1.807) is 11.1 Å². The molecule has 0 spiro atoms. The molecule has 1 saturated carbocycles. The molecule has 4 rings (SSSR count). The number of benzene rings is 1. The van der Waals surface area contributed by atoms with E-state index in [0.29, 0.717) is 0 Å². The Balaban J connectivity index is 0.00000140. The molecule has 0 nitrogen and oxygen atoms in total. The van der Waals surface area contributed by atoms with Gasteiger partial charge in [-0.2, -0.15) is 0 Å². The van der Waals surface area contributed by atoms with Crippen molar-refractivity contribution in [3.05, 3.63) is 64.5 Å². The molecule has 0 aliphatic heterocycles. The number of halogens is 2. The van der Waals surface area contributed by atoms with Crippen molar-refractivity contribution in [2.75, 3.05) is 0 Å². The summed E-state index contributed by atoms with van der Waals surface area (Å²) in [6.07, 6.45) is 14.1. The number of allylic oxidation sites excluding steroid dienone is 5. The van der Waals surface area contributed by atoms with Crippen LogP contribution in [-0.4, -0.2) is 11.3 Å². The van der Waals surface area contributed by atoms with Crippen molar-refractivity contribution in [3.63, 3.8) is 0 Å². The van der Waals surface area contributed by atoms with Gasteiger partial charge in [-0.15, -0.1) is 0 Å². The molecule has 0 saturated heterocycles. The van der Waals surface area contributed by atoms with Gasteiger partial charge in [-0.25, -0.2) is 0 Å². The number of hydrogen-bond acceptors (Lipinski definition) is 0. The normalized spacial score (nSPS) is 24.9. The molecular formula is C24H31Cl2HfP. The Morgan fingerprint density at radius 3 is 2.43 bits per heavy atom. The first kappa shape index (κ1) is 24.6. The second-order valence-corrected chi connectivity index (χ2v) is 17.7. The van der Waals surface area contributed by atoms with Gasteiger partial charge in [0.2, 0.25) is 0 Å². The maximum atomic E-state index is 2.63. The maximum Gasteiger partial charge on any atom is -1.00 e. The summed E-state index contributed by atoms with van der Waals surface area (Å²) in [5, 5.41) is 1.87. The first-order valence-corrected chi connectivity index (χ1v) is 15.9. The fraction of sp³-hybridized carbons (Fsp3) is 0.500. The van der Waals surface area contributed by atoms with E-state index in [4.69, 9.17) is 0 Å². The Labute approximate surface area is 196 Å². The van der Waals surface area contributed by atoms with Crippen molar-refractivity contribution in [1.82, 2.24) is 0 Å². The quantitative estimate of drug-likeness (QED) is 0.356.